The number of benzene rings is 1. The molecule has 2 aromatic heterocycles. The molecule has 1 saturated heterocycles. The number of furan rings is 1. The lowest BCUT2D eigenvalue weighted by Gasteiger charge is -2.33. The van der Waals surface area contributed by atoms with Gasteiger partial charge in [0.05, 0.1) is 12.2 Å². The largest absolute Gasteiger partial charge is 0.456 e. The van der Waals surface area contributed by atoms with E-state index in [0.29, 0.717) is 29.8 Å². The molecular formula is C25H28ClN5O3. The summed E-state index contributed by atoms with van der Waals surface area (Å²) in [5.74, 6) is 0.994. The highest BCUT2D eigenvalue weighted by Gasteiger charge is 2.28. The maximum Gasteiger partial charge on any atom is 0.287 e. The molecule has 34 heavy (non-hydrogen) atoms. The van der Waals surface area contributed by atoms with E-state index in [1.165, 1.54) is 0 Å². The number of likely N-dealkylation sites (tertiary alicyclic amines) is 1. The van der Waals surface area contributed by atoms with Crippen molar-refractivity contribution in [2.45, 2.75) is 25.7 Å². The zero-order valence-electron chi connectivity index (χ0n) is 19.5. The van der Waals surface area contributed by atoms with Gasteiger partial charge >= 0.3 is 0 Å². The van der Waals surface area contributed by atoms with Crippen LogP contribution < -0.4 is 10.2 Å². The maximum absolute atomic E-state index is 12.9. The lowest BCUT2D eigenvalue weighted by Crippen LogP contribution is -2.44. The molecule has 0 unspecified atom stereocenters. The number of nitrogens with zero attached hydrogens (tertiary/aromatic N) is 4. The molecular weight excluding hydrogens is 454 g/mol. The third-order valence-corrected chi connectivity index (χ3v) is 6.14. The zero-order chi connectivity index (χ0) is 24.2. The zero-order valence-corrected chi connectivity index (χ0v) is 20.3. The molecule has 2 amide bonds. The van der Waals surface area contributed by atoms with Crippen LogP contribution in [0.3, 0.4) is 0 Å². The Kier molecular flexibility index (Phi) is 7.17. The van der Waals surface area contributed by atoms with Gasteiger partial charge in [-0.1, -0.05) is 23.7 Å². The summed E-state index contributed by atoms with van der Waals surface area (Å²) >= 11 is 6.08. The van der Waals surface area contributed by atoms with Gasteiger partial charge in [0.1, 0.15) is 5.76 Å². The fourth-order valence-corrected chi connectivity index (χ4v) is 4.23. The van der Waals surface area contributed by atoms with E-state index in [0.717, 1.165) is 29.7 Å². The monoisotopic (exact) mass is 481 g/mol. The Morgan fingerprint density at radius 3 is 2.65 bits per heavy atom. The van der Waals surface area contributed by atoms with E-state index in [1.807, 2.05) is 49.5 Å². The van der Waals surface area contributed by atoms with E-state index in [1.54, 1.807) is 24.0 Å². The molecule has 0 bridgehead atoms. The highest BCUT2D eigenvalue weighted by molar-refractivity contribution is 6.30. The summed E-state index contributed by atoms with van der Waals surface area (Å²) in [4.78, 5) is 38.2. The van der Waals surface area contributed by atoms with Gasteiger partial charge in [-0.2, -0.15) is 0 Å². The molecule has 1 aliphatic rings. The lowest BCUT2D eigenvalue weighted by molar-refractivity contribution is -0.131. The minimum absolute atomic E-state index is 0.0495. The van der Waals surface area contributed by atoms with Crippen LogP contribution in [0.25, 0.3) is 11.1 Å². The summed E-state index contributed by atoms with van der Waals surface area (Å²) in [5, 5.41) is 3.33. The molecule has 0 aliphatic carbocycles. The maximum atomic E-state index is 12.9. The van der Waals surface area contributed by atoms with E-state index >= 15 is 0 Å². The molecule has 4 rings (SSSR count). The summed E-state index contributed by atoms with van der Waals surface area (Å²) in [7, 11) is 3.81. The Balaban J connectivity index is 1.51. The molecule has 3 aromatic rings. The Bertz CT molecular complexity index is 1180. The predicted molar refractivity (Wildman–Crippen MR) is 131 cm³/mol. The summed E-state index contributed by atoms with van der Waals surface area (Å²) in [6.07, 6.45) is 3.60. The Hall–Kier alpha value is -3.39. The number of aromatic nitrogens is 2. The summed E-state index contributed by atoms with van der Waals surface area (Å²) < 4.78 is 5.33. The molecule has 1 aliphatic heterocycles. The van der Waals surface area contributed by atoms with Crippen molar-refractivity contribution in [3.63, 3.8) is 0 Å². The first-order chi connectivity index (χ1) is 16.3. The number of halogens is 1. The minimum Gasteiger partial charge on any atom is -0.456 e. The number of carbonyl (C=O) groups is 2. The number of amides is 2. The van der Waals surface area contributed by atoms with Gasteiger partial charge in [-0.3, -0.25) is 9.59 Å². The van der Waals surface area contributed by atoms with Crippen LogP contribution in [0.1, 0.15) is 40.8 Å². The Morgan fingerprint density at radius 2 is 1.97 bits per heavy atom. The number of hydrogen-bond donors (Lipinski definition) is 1. The topological polar surface area (TPSA) is 91.6 Å². The molecule has 8 nitrogen and oxygen atoms in total. The third-order valence-electron chi connectivity index (χ3n) is 5.89. The number of aryl methyl sites for hydroxylation is 1. The average Bonchev–Trinajstić information content (AvgIpc) is 3.29. The normalized spacial score (nSPS) is 15.8. The van der Waals surface area contributed by atoms with Crippen LogP contribution in [0.15, 0.2) is 47.0 Å². The predicted octanol–water partition coefficient (Wildman–Crippen LogP) is 3.90. The van der Waals surface area contributed by atoms with Crippen LogP contribution in [-0.4, -0.2) is 60.4 Å². The molecule has 3 heterocycles. The smallest absolute Gasteiger partial charge is 0.287 e. The van der Waals surface area contributed by atoms with Crippen LogP contribution in [-0.2, 0) is 4.79 Å². The quantitative estimate of drug-likeness (QED) is 0.574. The number of hydrogen-bond acceptors (Lipinski definition) is 6. The summed E-state index contributed by atoms with van der Waals surface area (Å²) in [5.41, 5.74) is 2.82. The highest BCUT2D eigenvalue weighted by Crippen LogP contribution is 2.34. The van der Waals surface area contributed by atoms with Crippen molar-refractivity contribution in [2.24, 2.45) is 0 Å². The van der Waals surface area contributed by atoms with Gasteiger partial charge in [0.2, 0.25) is 11.9 Å². The molecule has 0 spiro atoms. The van der Waals surface area contributed by atoms with Gasteiger partial charge in [0.25, 0.3) is 5.91 Å². The highest BCUT2D eigenvalue weighted by atomic mass is 35.5. The number of anilines is 1. The van der Waals surface area contributed by atoms with E-state index in [4.69, 9.17) is 21.0 Å². The van der Waals surface area contributed by atoms with Crippen LogP contribution in [0.2, 0.25) is 5.02 Å². The molecule has 9 heteroatoms. The second-order valence-corrected chi connectivity index (χ2v) is 9.08. The second kappa shape index (κ2) is 10.3. The second-order valence-electron chi connectivity index (χ2n) is 8.64. The Labute approximate surface area is 203 Å². The average molecular weight is 482 g/mol. The molecule has 0 radical (unpaired) electrons. The van der Waals surface area contributed by atoms with E-state index < -0.39 is 5.91 Å². The van der Waals surface area contributed by atoms with Gasteiger partial charge in [-0.25, -0.2) is 9.97 Å². The Morgan fingerprint density at radius 1 is 1.21 bits per heavy atom. The summed E-state index contributed by atoms with van der Waals surface area (Å²) in [6, 6.07) is 10.9. The standard InChI is InChI=1S/C25H28ClN5O3/c1-16-6-11-21(34-16)24(33)27-14-22(32)31-12-4-5-18(15-31)23-20(13-28-25(29-23)30(2)3)17-7-9-19(26)10-8-17/h6-11,13,18H,4-5,12,14-15H2,1-3H3,(H,27,33)/t18-/m0/s1. The first-order valence-electron chi connectivity index (χ1n) is 11.2. The van der Waals surface area contributed by atoms with Crippen LogP contribution in [0.5, 0.6) is 0 Å². The van der Waals surface area contributed by atoms with Crippen LogP contribution >= 0.6 is 11.6 Å². The lowest BCUT2D eigenvalue weighted by atomic mass is 9.90. The number of piperidine rings is 1. The minimum atomic E-state index is -0.397. The van der Waals surface area contributed by atoms with Gasteiger partial charge in [0.15, 0.2) is 5.76 Å². The van der Waals surface area contributed by atoms with Crippen LogP contribution in [0.4, 0.5) is 5.95 Å². The fourth-order valence-electron chi connectivity index (χ4n) is 4.10. The number of carbonyl (C=O) groups excluding carboxylic acids is 2. The van der Waals surface area contributed by atoms with Gasteiger partial charge in [-0.05, 0) is 49.6 Å². The van der Waals surface area contributed by atoms with Crippen molar-refractivity contribution >= 4 is 29.4 Å². The molecule has 1 N–H and O–H groups in total. The molecule has 1 atom stereocenters. The van der Waals surface area contributed by atoms with Gasteiger partial charge < -0.3 is 19.5 Å². The van der Waals surface area contributed by atoms with Crippen molar-refractivity contribution in [2.75, 3.05) is 38.6 Å². The van der Waals surface area contributed by atoms with Gasteiger partial charge in [-0.15, -0.1) is 0 Å². The SMILES string of the molecule is Cc1ccc(C(=O)NCC(=O)N2CCC[C@H](c3nc(N(C)C)ncc3-c3ccc(Cl)cc3)C2)o1. The van der Waals surface area contributed by atoms with Crippen molar-refractivity contribution in [1.82, 2.24) is 20.2 Å². The fraction of sp³-hybridized carbons (Fsp3) is 0.360. The van der Waals surface area contributed by atoms with Crippen LogP contribution in [0, 0.1) is 6.92 Å². The van der Waals surface area contributed by atoms with Crippen molar-refractivity contribution in [3.8, 4) is 11.1 Å². The third kappa shape index (κ3) is 5.39. The van der Waals surface area contributed by atoms with Crippen molar-refractivity contribution in [3.05, 3.63) is 64.8 Å². The molecule has 1 aromatic carbocycles. The molecule has 1 fully saturated rings. The number of rotatable bonds is 6. The van der Waals surface area contributed by atoms with Crippen molar-refractivity contribution in [1.29, 1.82) is 0 Å². The first kappa shape index (κ1) is 23.8. The van der Waals surface area contributed by atoms with Gasteiger partial charge in [0, 0.05) is 49.9 Å². The van der Waals surface area contributed by atoms with E-state index in [-0.39, 0.29) is 24.1 Å². The van der Waals surface area contributed by atoms with E-state index in [9.17, 15) is 9.59 Å². The summed E-state index contributed by atoms with van der Waals surface area (Å²) in [6.45, 7) is 2.86. The van der Waals surface area contributed by atoms with E-state index in [2.05, 4.69) is 10.3 Å². The molecule has 0 saturated carbocycles. The first-order valence-corrected chi connectivity index (χ1v) is 11.6. The van der Waals surface area contributed by atoms with Crippen molar-refractivity contribution < 1.29 is 14.0 Å². The number of nitrogens with one attached hydrogen (secondary N) is 1. The molecule has 178 valence electrons.